The molecule has 112 valence electrons. The Hall–Kier alpha value is -1.82. The van der Waals surface area contributed by atoms with Gasteiger partial charge in [-0.1, -0.05) is 6.92 Å². The minimum absolute atomic E-state index is 0.0276. The number of hydrogen-bond donors (Lipinski definition) is 3. The third-order valence-corrected chi connectivity index (χ3v) is 3.27. The molecule has 0 aliphatic rings. The van der Waals surface area contributed by atoms with Crippen LogP contribution < -0.4 is 10.6 Å². The molecule has 1 heterocycles. The average Bonchev–Trinajstić information content (AvgIpc) is 2.92. The smallest absolute Gasteiger partial charge is 0.286 e. The Morgan fingerprint density at radius 3 is 2.75 bits per heavy atom. The fraction of sp³-hybridized carbons (Fsp3) is 0.571. The molecule has 6 nitrogen and oxygen atoms in total. The SMILES string of the molecule is CCC(C)(CCO)NC(=O)CCNC(=O)c1ccco1. The number of aliphatic hydroxyl groups is 1. The van der Waals surface area contributed by atoms with Gasteiger partial charge in [0.2, 0.25) is 5.91 Å². The largest absolute Gasteiger partial charge is 0.459 e. The second kappa shape index (κ2) is 7.69. The van der Waals surface area contributed by atoms with Gasteiger partial charge in [-0.15, -0.1) is 0 Å². The van der Waals surface area contributed by atoms with Crippen molar-refractivity contribution in [2.24, 2.45) is 0 Å². The van der Waals surface area contributed by atoms with Gasteiger partial charge >= 0.3 is 0 Å². The van der Waals surface area contributed by atoms with Gasteiger partial charge in [0.05, 0.1) is 6.26 Å². The molecule has 1 aromatic rings. The average molecular weight is 282 g/mol. The van der Waals surface area contributed by atoms with E-state index in [0.29, 0.717) is 6.42 Å². The zero-order chi connectivity index (χ0) is 15.0. The van der Waals surface area contributed by atoms with Crippen LogP contribution in [0.25, 0.3) is 0 Å². The van der Waals surface area contributed by atoms with E-state index in [0.717, 1.165) is 6.42 Å². The van der Waals surface area contributed by atoms with E-state index in [4.69, 9.17) is 9.52 Å². The normalized spacial score (nSPS) is 13.6. The Kier molecular flexibility index (Phi) is 6.24. The van der Waals surface area contributed by atoms with Crippen molar-refractivity contribution < 1.29 is 19.1 Å². The van der Waals surface area contributed by atoms with E-state index in [1.54, 1.807) is 12.1 Å². The van der Waals surface area contributed by atoms with E-state index in [1.807, 2.05) is 13.8 Å². The molecule has 0 saturated carbocycles. The number of rotatable bonds is 8. The van der Waals surface area contributed by atoms with Crippen LogP contribution in [-0.4, -0.2) is 35.6 Å². The van der Waals surface area contributed by atoms with Crippen LogP contribution in [0.2, 0.25) is 0 Å². The van der Waals surface area contributed by atoms with Gasteiger partial charge in [0.1, 0.15) is 0 Å². The number of hydrogen-bond acceptors (Lipinski definition) is 4. The van der Waals surface area contributed by atoms with Crippen LogP contribution in [0.1, 0.15) is 43.7 Å². The van der Waals surface area contributed by atoms with Crippen molar-refractivity contribution in [2.75, 3.05) is 13.2 Å². The van der Waals surface area contributed by atoms with Crippen molar-refractivity contribution in [3.63, 3.8) is 0 Å². The van der Waals surface area contributed by atoms with E-state index >= 15 is 0 Å². The van der Waals surface area contributed by atoms with Crippen LogP contribution >= 0.6 is 0 Å². The molecular weight excluding hydrogens is 260 g/mol. The van der Waals surface area contributed by atoms with Gasteiger partial charge in [0.15, 0.2) is 5.76 Å². The first-order valence-corrected chi connectivity index (χ1v) is 6.74. The Labute approximate surface area is 118 Å². The minimum atomic E-state index is -0.406. The third-order valence-electron chi connectivity index (χ3n) is 3.27. The molecule has 1 atom stereocenters. The number of amides is 2. The van der Waals surface area contributed by atoms with Crippen molar-refractivity contribution in [1.29, 1.82) is 0 Å². The molecule has 6 heteroatoms. The maximum atomic E-state index is 11.8. The standard InChI is InChI=1S/C14H22N2O4/c1-3-14(2,7-9-17)16-12(18)6-8-15-13(19)11-5-4-10-20-11/h4-5,10,17H,3,6-9H2,1-2H3,(H,15,19)(H,16,18). The summed E-state index contributed by atoms with van der Waals surface area (Å²) in [7, 11) is 0. The first kappa shape index (κ1) is 16.2. The molecular formula is C14H22N2O4. The van der Waals surface area contributed by atoms with Gasteiger partial charge in [-0.3, -0.25) is 9.59 Å². The van der Waals surface area contributed by atoms with E-state index in [2.05, 4.69) is 10.6 Å². The van der Waals surface area contributed by atoms with Crippen molar-refractivity contribution in [3.05, 3.63) is 24.2 Å². The molecule has 0 aliphatic heterocycles. The van der Waals surface area contributed by atoms with Crippen LogP contribution in [0.3, 0.4) is 0 Å². The quantitative estimate of drug-likeness (QED) is 0.665. The molecule has 0 bridgehead atoms. The lowest BCUT2D eigenvalue weighted by Gasteiger charge is -2.29. The van der Waals surface area contributed by atoms with Crippen molar-refractivity contribution >= 4 is 11.8 Å². The molecule has 3 N–H and O–H groups in total. The fourth-order valence-electron chi connectivity index (χ4n) is 1.76. The molecule has 0 fully saturated rings. The second-order valence-electron chi connectivity index (χ2n) is 4.92. The molecule has 20 heavy (non-hydrogen) atoms. The zero-order valence-electron chi connectivity index (χ0n) is 11.9. The van der Waals surface area contributed by atoms with Gasteiger partial charge in [0.25, 0.3) is 5.91 Å². The lowest BCUT2D eigenvalue weighted by Crippen LogP contribution is -2.46. The lowest BCUT2D eigenvalue weighted by molar-refractivity contribution is -0.122. The summed E-state index contributed by atoms with van der Waals surface area (Å²) in [5.74, 6) is -0.261. The number of furan rings is 1. The van der Waals surface area contributed by atoms with Gasteiger partial charge in [-0.2, -0.15) is 0 Å². The lowest BCUT2D eigenvalue weighted by atomic mass is 9.95. The van der Waals surface area contributed by atoms with Gasteiger partial charge < -0.3 is 20.2 Å². The van der Waals surface area contributed by atoms with Crippen LogP contribution in [0.15, 0.2) is 22.8 Å². The van der Waals surface area contributed by atoms with E-state index in [9.17, 15) is 9.59 Å². The predicted octanol–water partition coefficient (Wildman–Crippen LogP) is 1.07. The number of nitrogens with one attached hydrogen (secondary N) is 2. The summed E-state index contributed by atoms with van der Waals surface area (Å²) in [5.41, 5.74) is -0.406. The highest BCUT2D eigenvalue weighted by Crippen LogP contribution is 2.13. The van der Waals surface area contributed by atoms with Crippen molar-refractivity contribution in [1.82, 2.24) is 10.6 Å². The van der Waals surface area contributed by atoms with Crippen molar-refractivity contribution in [2.45, 2.75) is 38.6 Å². The maximum absolute atomic E-state index is 11.8. The molecule has 0 radical (unpaired) electrons. The van der Waals surface area contributed by atoms with Crippen LogP contribution in [0, 0.1) is 0 Å². The molecule has 0 saturated heterocycles. The van der Waals surface area contributed by atoms with E-state index in [1.165, 1.54) is 6.26 Å². The fourth-order valence-corrected chi connectivity index (χ4v) is 1.76. The third kappa shape index (κ3) is 5.05. The summed E-state index contributed by atoms with van der Waals surface area (Å²) in [4.78, 5) is 23.4. The highest BCUT2D eigenvalue weighted by atomic mass is 16.3. The number of aliphatic hydroxyl groups excluding tert-OH is 1. The van der Waals surface area contributed by atoms with E-state index in [-0.39, 0.29) is 37.1 Å². The summed E-state index contributed by atoms with van der Waals surface area (Å²) < 4.78 is 4.94. The Bertz CT molecular complexity index is 430. The van der Waals surface area contributed by atoms with Crippen LogP contribution in [0.4, 0.5) is 0 Å². The van der Waals surface area contributed by atoms with Gasteiger partial charge in [-0.25, -0.2) is 0 Å². The number of carbonyl (C=O) groups is 2. The summed E-state index contributed by atoms with van der Waals surface area (Å²) >= 11 is 0. The summed E-state index contributed by atoms with van der Waals surface area (Å²) in [5, 5.41) is 14.5. The number of carbonyl (C=O) groups excluding carboxylic acids is 2. The highest BCUT2D eigenvalue weighted by Gasteiger charge is 2.23. The predicted molar refractivity (Wildman–Crippen MR) is 74.2 cm³/mol. The molecule has 2 amide bonds. The molecule has 0 spiro atoms. The van der Waals surface area contributed by atoms with Gasteiger partial charge in [0, 0.05) is 25.1 Å². The Balaban J connectivity index is 2.31. The topological polar surface area (TPSA) is 91.6 Å². The Morgan fingerprint density at radius 2 is 2.20 bits per heavy atom. The molecule has 1 aromatic heterocycles. The molecule has 0 aliphatic carbocycles. The van der Waals surface area contributed by atoms with E-state index < -0.39 is 5.54 Å². The minimum Gasteiger partial charge on any atom is -0.459 e. The van der Waals surface area contributed by atoms with Crippen LogP contribution in [0.5, 0.6) is 0 Å². The first-order valence-electron chi connectivity index (χ1n) is 6.74. The zero-order valence-corrected chi connectivity index (χ0v) is 11.9. The monoisotopic (exact) mass is 282 g/mol. The Morgan fingerprint density at radius 1 is 1.45 bits per heavy atom. The summed E-state index contributed by atoms with van der Waals surface area (Å²) in [6.45, 7) is 4.11. The second-order valence-corrected chi connectivity index (χ2v) is 4.92. The van der Waals surface area contributed by atoms with Gasteiger partial charge in [-0.05, 0) is 31.9 Å². The molecule has 0 aromatic carbocycles. The summed E-state index contributed by atoms with van der Waals surface area (Å²) in [6.07, 6.45) is 2.85. The molecule has 1 unspecified atom stereocenters. The molecule has 1 rings (SSSR count). The first-order chi connectivity index (χ1) is 9.50. The summed E-state index contributed by atoms with van der Waals surface area (Å²) in [6, 6.07) is 3.19. The van der Waals surface area contributed by atoms with Crippen molar-refractivity contribution in [3.8, 4) is 0 Å². The highest BCUT2D eigenvalue weighted by molar-refractivity contribution is 5.91. The van der Waals surface area contributed by atoms with Crippen LogP contribution in [-0.2, 0) is 4.79 Å². The maximum Gasteiger partial charge on any atom is 0.286 e.